The summed E-state index contributed by atoms with van der Waals surface area (Å²) in [4.78, 5) is 10.4. The molecule has 0 spiro atoms. The zero-order valence-corrected chi connectivity index (χ0v) is 12.7. The third-order valence-corrected chi connectivity index (χ3v) is 5.49. The Morgan fingerprint density at radius 3 is 2.70 bits per heavy atom. The molecule has 0 aromatic heterocycles. The van der Waals surface area contributed by atoms with E-state index in [1.54, 1.807) is 11.8 Å². The van der Waals surface area contributed by atoms with Gasteiger partial charge >= 0.3 is 0 Å². The molecule has 1 fully saturated rings. The molecule has 1 aromatic rings. The van der Waals surface area contributed by atoms with Gasteiger partial charge in [0.1, 0.15) is 11.5 Å². The lowest BCUT2D eigenvalue weighted by Crippen LogP contribution is -2.30. The van der Waals surface area contributed by atoms with Crippen molar-refractivity contribution < 1.29 is 9.31 Å². The molecular formula is C13H16ClFN2O2S. The Balaban J connectivity index is 2.20. The Labute approximate surface area is 126 Å². The topological polar surface area (TPSA) is 55.2 Å². The highest BCUT2D eigenvalue weighted by Crippen LogP contribution is 2.41. The molecule has 20 heavy (non-hydrogen) atoms. The average molecular weight is 319 g/mol. The molecule has 0 radical (unpaired) electrons. The van der Waals surface area contributed by atoms with E-state index in [4.69, 9.17) is 11.6 Å². The van der Waals surface area contributed by atoms with Gasteiger partial charge in [0.25, 0.3) is 5.69 Å². The zero-order valence-electron chi connectivity index (χ0n) is 11.1. The van der Waals surface area contributed by atoms with E-state index in [1.165, 1.54) is 18.9 Å². The summed E-state index contributed by atoms with van der Waals surface area (Å²) in [7, 11) is 0. The van der Waals surface area contributed by atoms with E-state index in [-0.39, 0.29) is 21.1 Å². The van der Waals surface area contributed by atoms with Crippen molar-refractivity contribution in [1.82, 2.24) is 0 Å². The summed E-state index contributed by atoms with van der Waals surface area (Å²) in [5.74, 6) is -0.774. The lowest BCUT2D eigenvalue weighted by molar-refractivity contribution is -0.384. The molecule has 2 rings (SSSR count). The van der Waals surface area contributed by atoms with E-state index in [9.17, 15) is 14.5 Å². The standard InChI is InChI=1S/C13H16ClFN2O2S/c1-20-13(4-2-3-5-13)8-16-11-6-9(14)10(15)7-12(11)17(18)19/h6-7,16H,2-5,8H2,1H3. The number of hydrogen-bond acceptors (Lipinski definition) is 4. The van der Waals surface area contributed by atoms with Crippen LogP contribution in [0.2, 0.25) is 5.02 Å². The van der Waals surface area contributed by atoms with Crippen LogP contribution >= 0.6 is 23.4 Å². The first-order valence-corrected chi connectivity index (χ1v) is 8.00. The summed E-state index contributed by atoms with van der Waals surface area (Å²) in [5.41, 5.74) is 0.00266. The Morgan fingerprint density at radius 2 is 2.15 bits per heavy atom. The van der Waals surface area contributed by atoms with Crippen LogP contribution < -0.4 is 5.32 Å². The van der Waals surface area contributed by atoms with Gasteiger partial charge in [-0.05, 0) is 25.2 Å². The first-order valence-electron chi connectivity index (χ1n) is 6.40. The minimum absolute atomic E-state index is 0.106. The minimum atomic E-state index is -0.774. The van der Waals surface area contributed by atoms with Crippen molar-refractivity contribution in [3.05, 3.63) is 33.1 Å². The van der Waals surface area contributed by atoms with E-state index in [1.807, 2.05) is 0 Å². The Hall–Kier alpha value is -1.01. The summed E-state index contributed by atoms with van der Waals surface area (Å²) in [6.45, 7) is 0.622. The molecular weight excluding hydrogens is 303 g/mol. The smallest absolute Gasteiger partial charge is 0.295 e. The van der Waals surface area contributed by atoms with E-state index >= 15 is 0 Å². The largest absolute Gasteiger partial charge is 0.378 e. The number of nitro benzene ring substituents is 1. The number of halogens is 2. The summed E-state index contributed by atoms with van der Waals surface area (Å²) in [5, 5.41) is 14.0. The summed E-state index contributed by atoms with van der Waals surface area (Å²) >= 11 is 7.49. The predicted molar refractivity (Wildman–Crippen MR) is 81.3 cm³/mol. The van der Waals surface area contributed by atoms with E-state index in [0.717, 1.165) is 18.9 Å². The molecule has 1 aliphatic carbocycles. The van der Waals surface area contributed by atoms with Gasteiger partial charge in [0, 0.05) is 11.3 Å². The second kappa shape index (κ2) is 6.18. The Morgan fingerprint density at radius 1 is 1.50 bits per heavy atom. The van der Waals surface area contributed by atoms with Crippen LogP contribution in [0.1, 0.15) is 25.7 Å². The molecule has 0 heterocycles. The number of nitro groups is 1. The first-order chi connectivity index (χ1) is 9.47. The number of nitrogens with one attached hydrogen (secondary N) is 1. The maximum Gasteiger partial charge on any atom is 0.295 e. The van der Waals surface area contributed by atoms with Crippen LogP contribution in [0, 0.1) is 15.9 Å². The van der Waals surface area contributed by atoms with Crippen molar-refractivity contribution in [1.29, 1.82) is 0 Å². The highest BCUT2D eigenvalue weighted by Gasteiger charge is 2.33. The zero-order chi connectivity index (χ0) is 14.8. The second-order valence-electron chi connectivity index (χ2n) is 4.99. The molecule has 0 bridgehead atoms. The summed E-state index contributed by atoms with van der Waals surface area (Å²) < 4.78 is 13.4. The number of hydrogen-bond donors (Lipinski definition) is 1. The molecule has 0 aliphatic heterocycles. The molecule has 1 N–H and O–H groups in total. The number of benzene rings is 1. The summed E-state index contributed by atoms with van der Waals surface area (Å²) in [6, 6.07) is 2.16. The van der Waals surface area contributed by atoms with Crippen molar-refractivity contribution in [3.8, 4) is 0 Å². The van der Waals surface area contributed by atoms with Crippen LogP contribution in [-0.2, 0) is 0 Å². The van der Waals surface area contributed by atoms with Crippen LogP contribution in [0.4, 0.5) is 15.8 Å². The van der Waals surface area contributed by atoms with Crippen LogP contribution in [0.15, 0.2) is 12.1 Å². The fourth-order valence-corrected chi connectivity index (χ4v) is 3.63. The fraction of sp³-hybridized carbons (Fsp3) is 0.538. The highest BCUT2D eigenvalue weighted by molar-refractivity contribution is 8.00. The maximum atomic E-state index is 13.3. The third-order valence-electron chi connectivity index (χ3n) is 3.78. The number of thioether (sulfide) groups is 1. The molecule has 4 nitrogen and oxygen atoms in total. The SMILES string of the molecule is CSC1(CNc2cc(Cl)c(F)cc2[N+](=O)[O-])CCCC1. The molecule has 0 atom stereocenters. The molecule has 1 aliphatic rings. The fourth-order valence-electron chi connectivity index (χ4n) is 2.56. The van der Waals surface area contributed by atoms with Gasteiger partial charge in [0.2, 0.25) is 0 Å². The normalized spacial score (nSPS) is 17.1. The summed E-state index contributed by atoms with van der Waals surface area (Å²) in [6.07, 6.45) is 6.58. The van der Waals surface area contributed by atoms with Gasteiger partial charge in [-0.1, -0.05) is 24.4 Å². The van der Waals surface area contributed by atoms with Gasteiger partial charge in [-0.25, -0.2) is 4.39 Å². The monoisotopic (exact) mass is 318 g/mol. The molecule has 1 aromatic carbocycles. The third kappa shape index (κ3) is 3.17. The molecule has 0 saturated heterocycles. The van der Waals surface area contributed by atoms with Crippen molar-refractivity contribution in [2.45, 2.75) is 30.4 Å². The number of nitrogens with zero attached hydrogens (tertiary/aromatic N) is 1. The highest BCUT2D eigenvalue weighted by atomic mass is 35.5. The average Bonchev–Trinajstić information content (AvgIpc) is 2.89. The second-order valence-corrected chi connectivity index (χ2v) is 6.67. The predicted octanol–water partition coefficient (Wildman–Crippen LogP) is 4.48. The van der Waals surface area contributed by atoms with Crippen molar-refractivity contribution in [2.24, 2.45) is 0 Å². The maximum absolute atomic E-state index is 13.3. The van der Waals surface area contributed by atoms with Crippen LogP contribution in [0.3, 0.4) is 0 Å². The number of anilines is 1. The lowest BCUT2D eigenvalue weighted by atomic mass is 10.1. The van der Waals surface area contributed by atoms with Crippen LogP contribution in [0.5, 0.6) is 0 Å². The number of rotatable bonds is 5. The van der Waals surface area contributed by atoms with Crippen LogP contribution in [0.25, 0.3) is 0 Å². The minimum Gasteiger partial charge on any atom is -0.378 e. The molecule has 0 unspecified atom stereocenters. The Bertz CT molecular complexity index is 521. The first kappa shape index (κ1) is 15.4. The van der Waals surface area contributed by atoms with Gasteiger partial charge in [-0.2, -0.15) is 11.8 Å². The van der Waals surface area contributed by atoms with Crippen LogP contribution in [-0.4, -0.2) is 22.5 Å². The van der Waals surface area contributed by atoms with E-state index in [0.29, 0.717) is 6.54 Å². The van der Waals surface area contributed by atoms with Gasteiger partial charge in [0.15, 0.2) is 0 Å². The van der Waals surface area contributed by atoms with Crippen molar-refractivity contribution in [3.63, 3.8) is 0 Å². The van der Waals surface area contributed by atoms with E-state index in [2.05, 4.69) is 11.6 Å². The molecule has 0 amide bonds. The van der Waals surface area contributed by atoms with Gasteiger partial charge in [-0.3, -0.25) is 10.1 Å². The lowest BCUT2D eigenvalue weighted by Gasteiger charge is -2.27. The van der Waals surface area contributed by atoms with E-state index < -0.39 is 10.7 Å². The molecule has 1 saturated carbocycles. The molecule has 110 valence electrons. The van der Waals surface area contributed by atoms with Crippen molar-refractivity contribution in [2.75, 3.05) is 18.1 Å². The van der Waals surface area contributed by atoms with Crippen molar-refractivity contribution >= 4 is 34.7 Å². The Kier molecular flexibility index (Phi) is 4.75. The van der Waals surface area contributed by atoms with Gasteiger partial charge < -0.3 is 5.32 Å². The van der Waals surface area contributed by atoms with Gasteiger partial charge in [-0.15, -0.1) is 0 Å². The molecule has 7 heteroatoms. The van der Waals surface area contributed by atoms with Gasteiger partial charge in [0.05, 0.1) is 16.0 Å². The quantitative estimate of drug-likeness (QED) is 0.642.